The van der Waals surface area contributed by atoms with Crippen molar-refractivity contribution in [1.82, 2.24) is 4.98 Å². The van der Waals surface area contributed by atoms with Gasteiger partial charge < -0.3 is 14.2 Å². The van der Waals surface area contributed by atoms with Crippen molar-refractivity contribution in [3.05, 3.63) is 113 Å². The Labute approximate surface area is 232 Å². The number of ether oxygens (including phenoxy) is 3. The first-order valence-electron chi connectivity index (χ1n) is 13.2. The molecule has 0 saturated heterocycles. The van der Waals surface area contributed by atoms with Gasteiger partial charge in [0.25, 0.3) is 0 Å². The lowest BCUT2D eigenvalue weighted by atomic mass is 9.91. The fraction of sp³-hybridized carbons (Fsp3) is 0.242. The van der Waals surface area contributed by atoms with E-state index >= 15 is 0 Å². The molecule has 0 aliphatic heterocycles. The largest absolute Gasteiger partial charge is 0.481 e. The molecule has 40 heavy (non-hydrogen) atoms. The SMILES string of the molecule is COc1cc(-c2ccc(C(=O)Oc3cccc(C(CC(=O)OCc4ccccc4)C4CC4)c3)c(C)c2)c(F)cn1. The summed E-state index contributed by atoms with van der Waals surface area (Å²) in [5.41, 5.74) is 3.83. The summed E-state index contributed by atoms with van der Waals surface area (Å²) in [6, 6.07) is 23.5. The highest BCUT2D eigenvalue weighted by molar-refractivity contribution is 5.93. The van der Waals surface area contributed by atoms with Crippen molar-refractivity contribution in [2.75, 3.05) is 7.11 Å². The molecule has 6 nitrogen and oxygen atoms in total. The van der Waals surface area contributed by atoms with E-state index in [9.17, 15) is 14.0 Å². The number of aromatic nitrogens is 1. The van der Waals surface area contributed by atoms with Gasteiger partial charge in [-0.3, -0.25) is 4.79 Å². The van der Waals surface area contributed by atoms with E-state index in [2.05, 4.69) is 4.98 Å². The molecule has 4 aromatic rings. The third kappa shape index (κ3) is 6.54. The lowest BCUT2D eigenvalue weighted by Crippen LogP contribution is -2.13. The third-order valence-corrected chi connectivity index (χ3v) is 7.11. The molecule has 1 fully saturated rings. The minimum absolute atomic E-state index is 0.00445. The number of aryl methyl sites for hydroxylation is 1. The predicted octanol–water partition coefficient (Wildman–Crippen LogP) is 7.05. The number of pyridine rings is 1. The van der Waals surface area contributed by atoms with Crippen LogP contribution in [0.25, 0.3) is 11.1 Å². The summed E-state index contributed by atoms with van der Waals surface area (Å²) in [7, 11) is 1.47. The molecule has 7 heteroatoms. The maximum atomic E-state index is 14.4. The molecule has 1 atom stereocenters. The van der Waals surface area contributed by atoms with Gasteiger partial charge in [-0.2, -0.15) is 0 Å². The van der Waals surface area contributed by atoms with Gasteiger partial charge in [-0.25, -0.2) is 14.2 Å². The molecule has 1 aliphatic carbocycles. The normalized spacial score (nSPS) is 13.4. The Kier molecular flexibility index (Phi) is 8.20. The fourth-order valence-electron chi connectivity index (χ4n) is 4.82. The molecular weight excluding hydrogens is 509 g/mol. The van der Waals surface area contributed by atoms with Crippen LogP contribution in [0, 0.1) is 18.7 Å². The van der Waals surface area contributed by atoms with Crippen LogP contribution >= 0.6 is 0 Å². The van der Waals surface area contributed by atoms with Gasteiger partial charge in [0, 0.05) is 11.6 Å². The molecular formula is C33H30FNO5. The van der Waals surface area contributed by atoms with E-state index in [1.807, 2.05) is 48.5 Å². The van der Waals surface area contributed by atoms with Crippen LogP contribution in [-0.4, -0.2) is 24.0 Å². The van der Waals surface area contributed by atoms with Gasteiger partial charge in [0.1, 0.15) is 18.2 Å². The molecule has 204 valence electrons. The highest BCUT2D eigenvalue weighted by Crippen LogP contribution is 2.45. The van der Waals surface area contributed by atoms with Crippen LogP contribution in [0.3, 0.4) is 0 Å². The summed E-state index contributed by atoms with van der Waals surface area (Å²) in [5, 5.41) is 0. The van der Waals surface area contributed by atoms with E-state index in [0.717, 1.165) is 30.2 Å². The first kappa shape index (κ1) is 27.1. The number of halogens is 1. The summed E-state index contributed by atoms with van der Waals surface area (Å²) in [6.07, 6.45) is 3.48. The second-order valence-corrected chi connectivity index (χ2v) is 9.99. The van der Waals surface area contributed by atoms with Crippen LogP contribution < -0.4 is 9.47 Å². The highest BCUT2D eigenvalue weighted by atomic mass is 19.1. The van der Waals surface area contributed by atoms with Gasteiger partial charge in [0.05, 0.1) is 25.3 Å². The van der Waals surface area contributed by atoms with E-state index in [4.69, 9.17) is 14.2 Å². The van der Waals surface area contributed by atoms with Crippen LogP contribution in [0.1, 0.15) is 52.2 Å². The topological polar surface area (TPSA) is 74.7 Å². The van der Waals surface area contributed by atoms with Crippen LogP contribution in [-0.2, 0) is 16.1 Å². The number of nitrogens with zero attached hydrogens (tertiary/aromatic N) is 1. The zero-order chi connectivity index (χ0) is 28.1. The molecule has 0 spiro atoms. The van der Waals surface area contributed by atoms with Crippen molar-refractivity contribution in [1.29, 1.82) is 0 Å². The summed E-state index contributed by atoms with van der Waals surface area (Å²) < 4.78 is 30.8. The smallest absolute Gasteiger partial charge is 0.343 e. The molecule has 5 rings (SSSR count). The Hall–Kier alpha value is -4.52. The number of carbonyl (C=O) groups excluding carboxylic acids is 2. The molecule has 1 heterocycles. The quantitative estimate of drug-likeness (QED) is 0.159. The molecule has 0 N–H and O–H groups in total. The summed E-state index contributed by atoms with van der Waals surface area (Å²) >= 11 is 0. The minimum Gasteiger partial charge on any atom is -0.481 e. The second-order valence-electron chi connectivity index (χ2n) is 9.99. The van der Waals surface area contributed by atoms with Gasteiger partial charge in [-0.1, -0.05) is 54.6 Å². The van der Waals surface area contributed by atoms with Crippen molar-refractivity contribution >= 4 is 11.9 Å². The highest BCUT2D eigenvalue weighted by Gasteiger charge is 2.34. The summed E-state index contributed by atoms with van der Waals surface area (Å²) in [4.78, 5) is 29.6. The van der Waals surface area contributed by atoms with E-state index < -0.39 is 11.8 Å². The molecule has 0 amide bonds. The minimum atomic E-state index is -0.515. The van der Waals surface area contributed by atoms with Crippen molar-refractivity contribution < 1.29 is 28.2 Å². The summed E-state index contributed by atoms with van der Waals surface area (Å²) in [5.74, 6) is -0.152. The number of esters is 2. The molecule has 0 radical (unpaired) electrons. The van der Waals surface area contributed by atoms with Crippen molar-refractivity contribution in [2.45, 2.75) is 38.7 Å². The van der Waals surface area contributed by atoms with Gasteiger partial charge >= 0.3 is 11.9 Å². The van der Waals surface area contributed by atoms with E-state index in [1.165, 1.54) is 13.2 Å². The second kappa shape index (κ2) is 12.1. The van der Waals surface area contributed by atoms with Crippen molar-refractivity contribution in [2.24, 2.45) is 5.92 Å². The molecule has 1 saturated carbocycles. The molecule has 1 unspecified atom stereocenters. The first-order valence-corrected chi connectivity index (χ1v) is 13.2. The van der Waals surface area contributed by atoms with E-state index in [-0.39, 0.29) is 24.9 Å². The average molecular weight is 540 g/mol. The lowest BCUT2D eigenvalue weighted by molar-refractivity contribution is -0.145. The zero-order valence-corrected chi connectivity index (χ0v) is 22.4. The van der Waals surface area contributed by atoms with Gasteiger partial charge in [-0.15, -0.1) is 0 Å². The maximum Gasteiger partial charge on any atom is 0.343 e. The van der Waals surface area contributed by atoms with Gasteiger partial charge in [0.15, 0.2) is 0 Å². The molecule has 0 bridgehead atoms. The third-order valence-electron chi connectivity index (χ3n) is 7.11. The Morgan fingerprint density at radius 3 is 2.52 bits per heavy atom. The maximum absolute atomic E-state index is 14.4. The molecule has 1 aromatic heterocycles. The predicted molar refractivity (Wildman–Crippen MR) is 149 cm³/mol. The standard InChI is InChI=1S/C33H30FNO5/c1-21-15-25(29-17-31(38-2)35-19-30(29)34)13-14-27(21)33(37)40-26-10-6-9-24(16-26)28(23-11-12-23)18-32(36)39-20-22-7-4-3-5-8-22/h3-10,13-17,19,23,28H,11-12,18,20H2,1-2H3. The van der Waals surface area contributed by atoms with Crippen LogP contribution in [0.15, 0.2) is 85.1 Å². The van der Waals surface area contributed by atoms with Gasteiger partial charge in [0.2, 0.25) is 5.88 Å². The number of hydrogen-bond acceptors (Lipinski definition) is 6. The zero-order valence-electron chi connectivity index (χ0n) is 22.4. The van der Waals surface area contributed by atoms with Crippen LogP contribution in [0.4, 0.5) is 4.39 Å². The Bertz CT molecular complexity index is 1520. The number of rotatable bonds is 10. The fourth-order valence-corrected chi connectivity index (χ4v) is 4.82. The lowest BCUT2D eigenvalue weighted by Gasteiger charge is -2.17. The van der Waals surface area contributed by atoms with Crippen molar-refractivity contribution in [3.8, 4) is 22.8 Å². The molecule has 1 aliphatic rings. The van der Waals surface area contributed by atoms with E-state index in [0.29, 0.717) is 39.8 Å². The number of hydrogen-bond donors (Lipinski definition) is 0. The Morgan fingerprint density at radius 1 is 1.00 bits per heavy atom. The van der Waals surface area contributed by atoms with Crippen LogP contribution in [0.2, 0.25) is 0 Å². The molecule has 3 aromatic carbocycles. The number of carbonyl (C=O) groups is 2. The number of methoxy groups -OCH3 is 1. The van der Waals surface area contributed by atoms with Gasteiger partial charge in [-0.05, 0) is 72.1 Å². The Morgan fingerprint density at radius 2 is 1.80 bits per heavy atom. The average Bonchev–Trinajstić information content (AvgIpc) is 3.81. The number of benzene rings is 3. The van der Waals surface area contributed by atoms with E-state index in [1.54, 1.807) is 31.2 Å². The summed E-state index contributed by atoms with van der Waals surface area (Å²) in [6.45, 7) is 2.02. The van der Waals surface area contributed by atoms with Crippen LogP contribution in [0.5, 0.6) is 11.6 Å². The monoisotopic (exact) mass is 539 g/mol. The Balaban J connectivity index is 1.27. The van der Waals surface area contributed by atoms with Crippen molar-refractivity contribution in [3.63, 3.8) is 0 Å². The first-order chi connectivity index (χ1) is 19.4.